The maximum Gasteiger partial charge on any atom is 0.225 e. The van der Waals surface area contributed by atoms with Crippen LogP contribution in [0.15, 0.2) is 30.3 Å². The predicted molar refractivity (Wildman–Crippen MR) is 114 cm³/mol. The fraction of sp³-hybridized carbons (Fsp3) is 0.609. The molecule has 2 aliphatic rings. The van der Waals surface area contributed by atoms with Gasteiger partial charge in [-0.25, -0.2) is 0 Å². The normalized spacial score (nSPS) is 20.4. The van der Waals surface area contributed by atoms with Crippen molar-refractivity contribution in [3.05, 3.63) is 30.3 Å². The van der Waals surface area contributed by atoms with E-state index in [-0.39, 0.29) is 41.6 Å². The summed E-state index contributed by atoms with van der Waals surface area (Å²) in [6.07, 6.45) is 2.10. The Morgan fingerprint density at radius 3 is 2.40 bits per heavy atom. The van der Waals surface area contributed by atoms with Gasteiger partial charge in [-0.2, -0.15) is 0 Å². The molecule has 0 aliphatic carbocycles. The van der Waals surface area contributed by atoms with Crippen LogP contribution in [0.5, 0.6) is 5.75 Å². The predicted octanol–water partition coefficient (Wildman–Crippen LogP) is 2.21. The van der Waals surface area contributed by atoms with E-state index in [0.717, 1.165) is 18.6 Å². The first-order chi connectivity index (χ1) is 14.2. The first kappa shape index (κ1) is 22.1. The molecule has 2 heterocycles. The summed E-state index contributed by atoms with van der Waals surface area (Å²) in [5.74, 6) is 0.559. The summed E-state index contributed by atoms with van der Waals surface area (Å²) in [5.41, 5.74) is -0.262. The van der Waals surface area contributed by atoms with Crippen molar-refractivity contribution in [1.29, 1.82) is 0 Å². The fourth-order valence-corrected chi connectivity index (χ4v) is 4.05. The Morgan fingerprint density at radius 1 is 1.13 bits per heavy atom. The van der Waals surface area contributed by atoms with Gasteiger partial charge in [0, 0.05) is 37.6 Å². The van der Waals surface area contributed by atoms with Gasteiger partial charge in [-0.1, -0.05) is 18.2 Å². The van der Waals surface area contributed by atoms with E-state index in [2.05, 4.69) is 5.32 Å². The standard InChI is InChI=1S/C23H33N3O4/c1-23(2,3)26-16-17(15-21(26)28)22(29)24-18-9-12-25(13-10-18)20(27)11-14-30-19-7-5-4-6-8-19/h4-8,17-18H,9-16H2,1-3H3,(H,24,29). The third-order valence-electron chi connectivity index (χ3n) is 5.83. The average molecular weight is 416 g/mol. The summed E-state index contributed by atoms with van der Waals surface area (Å²) in [5, 5.41) is 3.10. The number of carbonyl (C=O) groups is 3. The maximum absolute atomic E-state index is 12.6. The van der Waals surface area contributed by atoms with Crippen molar-refractivity contribution in [3.63, 3.8) is 0 Å². The molecule has 0 bridgehead atoms. The smallest absolute Gasteiger partial charge is 0.225 e. The minimum atomic E-state index is -0.286. The molecule has 2 fully saturated rings. The second kappa shape index (κ2) is 9.49. The largest absolute Gasteiger partial charge is 0.493 e. The highest BCUT2D eigenvalue weighted by Gasteiger charge is 2.40. The third-order valence-corrected chi connectivity index (χ3v) is 5.83. The molecule has 1 unspecified atom stereocenters. The molecule has 0 spiro atoms. The van der Waals surface area contributed by atoms with Gasteiger partial charge in [-0.05, 0) is 45.7 Å². The minimum Gasteiger partial charge on any atom is -0.493 e. The highest BCUT2D eigenvalue weighted by molar-refractivity contribution is 5.89. The number of para-hydroxylation sites is 1. The number of hydrogen-bond donors (Lipinski definition) is 1. The quantitative estimate of drug-likeness (QED) is 0.773. The van der Waals surface area contributed by atoms with E-state index in [1.807, 2.05) is 56.0 Å². The van der Waals surface area contributed by atoms with E-state index in [9.17, 15) is 14.4 Å². The number of nitrogens with one attached hydrogen (secondary N) is 1. The lowest BCUT2D eigenvalue weighted by Crippen LogP contribution is -2.48. The van der Waals surface area contributed by atoms with E-state index in [1.54, 1.807) is 4.90 Å². The van der Waals surface area contributed by atoms with Crippen LogP contribution in [0.3, 0.4) is 0 Å². The minimum absolute atomic E-state index is 0.0424. The van der Waals surface area contributed by atoms with E-state index >= 15 is 0 Å². The number of rotatable bonds is 6. The van der Waals surface area contributed by atoms with Crippen LogP contribution in [0, 0.1) is 5.92 Å². The Hall–Kier alpha value is -2.57. The lowest BCUT2D eigenvalue weighted by molar-refractivity contribution is -0.133. The molecule has 2 saturated heterocycles. The highest BCUT2D eigenvalue weighted by atomic mass is 16.5. The Labute approximate surface area is 178 Å². The molecule has 0 saturated carbocycles. The number of ether oxygens (including phenoxy) is 1. The van der Waals surface area contributed by atoms with Crippen LogP contribution in [0.4, 0.5) is 0 Å². The van der Waals surface area contributed by atoms with Gasteiger partial charge in [0.15, 0.2) is 0 Å². The van der Waals surface area contributed by atoms with Crippen LogP contribution in [-0.2, 0) is 14.4 Å². The van der Waals surface area contributed by atoms with Crippen LogP contribution in [0.2, 0.25) is 0 Å². The van der Waals surface area contributed by atoms with E-state index in [1.165, 1.54) is 0 Å². The third kappa shape index (κ3) is 5.74. The summed E-state index contributed by atoms with van der Waals surface area (Å²) in [6.45, 7) is 8.07. The molecule has 164 valence electrons. The number of piperidine rings is 1. The molecule has 3 rings (SSSR count). The molecule has 3 amide bonds. The second-order valence-electron chi connectivity index (χ2n) is 9.15. The van der Waals surface area contributed by atoms with Gasteiger partial charge in [-0.3, -0.25) is 14.4 Å². The molecule has 30 heavy (non-hydrogen) atoms. The van der Waals surface area contributed by atoms with E-state index < -0.39 is 0 Å². The average Bonchev–Trinajstić information content (AvgIpc) is 3.12. The van der Waals surface area contributed by atoms with Gasteiger partial charge < -0.3 is 19.9 Å². The summed E-state index contributed by atoms with van der Waals surface area (Å²) >= 11 is 0. The van der Waals surface area contributed by atoms with Crippen molar-refractivity contribution in [3.8, 4) is 5.75 Å². The zero-order valence-corrected chi connectivity index (χ0v) is 18.2. The van der Waals surface area contributed by atoms with Crippen LogP contribution < -0.4 is 10.1 Å². The molecular weight excluding hydrogens is 382 g/mol. The second-order valence-corrected chi connectivity index (χ2v) is 9.15. The van der Waals surface area contributed by atoms with Crippen molar-refractivity contribution in [2.24, 2.45) is 5.92 Å². The zero-order valence-electron chi connectivity index (χ0n) is 18.2. The van der Waals surface area contributed by atoms with Gasteiger partial charge in [0.1, 0.15) is 5.75 Å². The van der Waals surface area contributed by atoms with E-state index in [4.69, 9.17) is 4.74 Å². The molecule has 7 nitrogen and oxygen atoms in total. The number of likely N-dealkylation sites (tertiary alicyclic amines) is 2. The maximum atomic E-state index is 12.6. The highest BCUT2D eigenvalue weighted by Crippen LogP contribution is 2.26. The zero-order chi connectivity index (χ0) is 21.7. The van der Waals surface area contributed by atoms with Gasteiger partial charge in [-0.15, -0.1) is 0 Å². The Balaban J connectivity index is 1.37. The van der Waals surface area contributed by atoms with Gasteiger partial charge in [0.25, 0.3) is 0 Å². The van der Waals surface area contributed by atoms with Crippen molar-refractivity contribution in [1.82, 2.24) is 15.1 Å². The summed E-state index contributed by atoms with van der Waals surface area (Å²) in [4.78, 5) is 40.9. The monoisotopic (exact) mass is 415 g/mol. The number of benzene rings is 1. The molecule has 0 radical (unpaired) electrons. The van der Waals surface area contributed by atoms with Gasteiger partial charge in [0.2, 0.25) is 17.7 Å². The van der Waals surface area contributed by atoms with Crippen molar-refractivity contribution < 1.29 is 19.1 Å². The summed E-state index contributed by atoms with van der Waals surface area (Å²) < 4.78 is 5.60. The number of nitrogens with zero attached hydrogens (tertiary/aromatic N) is 2. The topological polar surface area (TPSA) is 79.0 Å². The van der Waals surface area contributed by atoms with Crippen LogP contribution in [0.25, 0.3) is 0 Å². The first-order valence-electron chi connectivity index (χ1n) is 10.8. The molecule has 2 aliphatic heterocycles. The molecule has 0 aromatic heterocycles. The fourth-order valence-electron chi connectivity index (χ4n) is 4.05. The summed E-state index contributed by atoms with van der Waals surface area (Å²) in [6, 6.07) is 9.53. The molecule has 1 N–H and O–H groups in total. The van der Waals surface area contributed by atoms with Crippen LogP contribution in [-0.4, -0.2) is 65.3 Å². The SMILES string of the molecule is CC(C)(C)N1CC(C(=O)NC2CCN(C(=O)CCOc3ccccc3)CC2)CC1=O. The van der Waals surface area contributed by atoms with Crippen LogP contribution in [0.1, 0.15) is 46.5 Å². The molecule has 7 heteroatoms. The lowest BCUT2D eigenvalue weighted by Gasteiger charge is -2.33. The van der Waals surface area contributed by atoms with Gasteiger partial charge in [0.05, 0.1) is 18.9 Å². The lowest BCUT2D eigenvalue weighted by atomic mass is 10.0. The Kier molecular flexibility index (Phi) is 7.00. The summed E-state index contributed by atoms with van der Waals surface area (Å²) in [7, 11) is 0. The molecular formula is C23H33N3O4. The van der Waals surface area contributed by atoms with Crippen molar-refractivity contribution >= 4 is 17.7 Å². The number of amides is 3. The molecule has 1 aromatic rings. The Morgan fingerprint density at radius 2 is 1.80 bits per heavy atom. The first-order valence-corrected chi connectivity index (χ1v) is 10.8. The van der Waals surface area contributed by atoms with E-state index in [0.29, 0.717) is 32.7 Å². The van der Waals surface area contributed by atoms with Gasteiger partial charge >= 0.3 is 0 Å². The molecule has 1 atom stereocenters. The van der Waals surface area contributed by atoms with Crippen molar-refractivity contribution in [2.75, 3.05) is 26.2 Å². The van der Waals surface area contributed by atoms with Crippen LogP contribution >= 0.6 is 0 Å². The number of hydrogen-bond acceptors (Lipinski definition) is 4. The van der Waals surface area contributed by atoms with Crippen molar-refractivity contribution in [2.45, 2.75) is 58.0 Å². The molecule has 1 aromatic carbocycles. The Bertz CT molecular complexity index is 751. The number of carbonyl (C=O) groups excluding carboxylic acids is 3.